The molecule has 1 saturated heterocycles. The number of carboxylic acid groups (broad SMARTS) is 1. The van der Waals surface area contributed by atoms with Crippen molar-refractivity contribution in [1.29, 1.82) is 0 Å². The lowest BCUT2D eigenvalue weighted by Gasteiger charge is -2.14. The Morgan fingerprint density at radius 2 is 2.24 bits per heavy atom. The van der Waals surface area contributed by atoms with Gasteiger partial charge in [0.2, 0.25) is 0 Å². The van der Waals surface area contributed by atoms with Gasteiger partial charge in [-0.15, -0.1) is 0 Å². The normalized spacial score (nSPS) is 23.9. The summed E-state index contributed by atoms with van der Waals surface area (Å²) in [5, 5.41) is 21.6. The van der Waals surface area contributed by atoms with Crippen LogP contribution >= 0.6 is 11.6 Å². The Balaban J connectivity index is 2.30. The first kappa shape index (κ1) is 12.1. The van der Waals surface area contributed by atoms with Crippen LogP contribution < -0.4 is 5.32 Å². The molecule has 3 N–H and O–H groups in total. The Hall–Kier alpha value is -1.33. The quantitative estimate of drug-likeness (QED) is 0.759. The van der Waals surface area contributed by atoms with E-state index in [9.17, 15) is 14.3 Å². The largest absolute Gasteiger partial charge is 0.505 e. The molecule has 0 aliphatic carbocycles. The number of phenols is 1. The lowest BCUT2D eigenvalue weighted by molar-refractivity contribution is -0.141. The third-order valence-electron chi connectivity index (χ3n) is 2.94. The van der Waals surface area contributed by atoms with Gasteiger partial charge in [-0.2, -0.15) is 0 Å². The van der Waals surface area contributed by atoms with Crippen LogP contribution in [0, 0.1) is 11.7 Å². The molecule has 1 aromatic carbocycles. The van der Waals surface area contributed by atoms with E-state index in [4.69, 9.17) is 16.7 Å². The maximum absolute atomic E-state index is 13.2. The average Bonchev–Trinajstić information content (AvgIpc) is 2.73. The molecule has 0 radical (unpaired) electrons. The Bertz CT molecular complexity index is 466. The SMILES string of the molecule is O=C(O)C1CNC(c2c(Cl)ccc(F)c2O)C1. The first-order valence-electron chi connectivity index (χ1n) is 5.13. The summed E-state index contributed by atoms with van der Waals surface area (Å²) in [6, 6.07) is 1.99. The molecule has 0 spiro atoms. The maximum atomic E-state index is 13.2. The smallest absolute Gasteiger partial charge is 0.307 e. The zero-order valence-corrected chi connectivity index (χ0v) is 9.54. The number of phenolic OH excluding ortho intramolecular Hbond substituents is 1. The molecule has 0 aromatic heterocycles. The Morgan fingerprint density at radius 3 is 2.82 bits per heavy atom. The van der Waals surface area contributed by atoms with E-state index in [1.165, 1.54) is 6.07 Å². The predicted molar refractivity (Wildman–Crippen MR) is 59.6 cm³/mol. The molecule has 1 aliphatic heterocycles. The Labute approximate surface area is 102 Å². The summed E-state index contributed by atoms with van der Waals surface area (Å²) >= 11 is 5.89. The lowest BCUT2D eigenvalue weighted by Crippen LogP contribution is -2.17. The second-order valence-electron chi connectivity index (χ2n) is 4.02. The third-order valence-corrected chi connectivity index (χ3v) is 3.27. The standard InChI is InChI=1S/C11H11ClFNO3/c12-6-1-2-7(13)10(15)9(6)8-3-5(4-14-8)11(16)17/h1-2,5,8,14-15H,3-4H2,(H,16,17). The van der Waals surface area contributed by atoms with Crippen LogP contribution in [0.1, 0.15) is 18.0 Å². The number of aliphatic carboxylic acids is 1. The van der Waals surface area contributed by atoms with E-state index in [0.717, 1.165) is 6.07 Å². The summed E-state index contributed by atoms with van der Waals surface area (Å²) in [7, 11) is 0. The summed E-state index contributed by atoms with van der Waals surface area (Å²) in [4.78, 5) is 10.8. The van der Waals surface area contributed by atoms with Crippen molar-refractivity contribution in [3.63, 3.8) is 0 Å². The molecule has 2 atom stereocenters. The number of benzene rings is 1. The van der Waals surface area contributed by atoms with Crippen LogP contribution in [0.3, 0.4) is 0 Å². The van der Waals surface area contributed by atoms with Gasteiger partial charge in [-0.1, -0.05) is 11.6 Å². The molecule has 1 aromatic rings. The van der Waals surface area contributed by atoms with Crippen LogP contribution in [-0.2, 0) is 4.79 Å². The fourth-order valence-corrected chi connectivity index (χ4v) is 2.32. The van der Waals surface area contributed by atoms with Crippen LogP contribution in [-0.4, -0.2) is 22.7 Å². The third kappa shape index (κ3) is 2.21. The second-order valence-corrected chi connectivity index (χ2v) is 4.43. The van der Waals surface area contributed by atoms with Crippen molar-refractivity contribution in [1.82, 2.24) is 5.32 Å². The second kappa shape index (κ2) is 4.50. The zero-order chi connectivity index (χ0) is 12.6. The molecular weight excluding hydrogens is 249 g/mol. The highest BCUT2D eigenvalue weighted by atomic mass is 35.5. The molecule has 17 heavy (non-hydrogen) atoms. The molecular formula is C11H11ClFNO3. The summed E-state index contributed by atoms with van der Waals surface area (Å²) in [6.07, 6.45) is 0.284. The van der Waals surface area contributed by atoms with Gasteiger partial charge in [0, 0.05) is 23.2 Å². The van der Waals surface area contributed by atoms with E-state index in [-0.39, 0.29) is 23.6 Å². The van der Waals surface area contributed by atoms with Gasteiger partial charge in [0.15, 0.2) is 11.6 Å². The van der Waals surface area contributed by atoms with Gasteiger partial charge in [-0.3, -0.25) is 4.79 Å². The van der Waals surface area contributed by atoms with Crippen LogP contribution in [0.2, 0.25) is 5.02 Å². The molecule has 2 unspecified atom stereocenters. The van der Waals surface area contributed by atoms with Crippen LogP contribution in [0.4, 0.5) is 4.39 Å². The van der Waals surface area contributed by atoms with Crippen LogP contribution in [0.25, 0.3) is 0 Å². The molecule has 6 heteroatoms. The number of carboxylic acids is 1. The number of aromatic hydroxyl groups is 1. The van der Waals surface area contributed by atoms with E-state index in [1.807, 2.05) is 0 Å². The molecule has 0 bridgehead atoms. The molecule has 0 amide bonds. The van der Waals surface area contributed by atoms with Crippen molar-refractivity contribution >= 4 is 17.6 Å². The van der Waals surface area contributed by atoms with Gasteiger partial charge < -0.3 is 15.5 Å². The molecule has 1 fully saturated rings. The first-order valence-corrected chi connectivity index (χ1v) is 5.51. The van der Waals surface area contributed by atoms with Gasteiger partial charge in [0.25, 0.3) is 0 Å². The van der Waals surface area contributed by atoms with Crippen molar-refractivity contribution in [3.8, 4) is 5.75 Å². The molecule has 2 rings (SSSR count). The van der Waals surface area contributed by atoms with Gasteiger partial charge >= 0.3 is 5.97 Å². The molecule has 4 nitrogen and oxygen atoms in total. The molecule has 0 saturated carbocycles. The molecule has 1 heterocycles. The highest BCUT2D eigenvalue weighted by molar-refractivity contribution is 6.31. The fourth-order valence-electron chi connectivity index (χ4n) is 2.03. The van der Waals surface area contributed by atoms with E-state index in [0.29, 0.717) is 0 Å². The number of nitrogens with one attached hydrogen (secondary N) is 1. The van der Waals surface area contributed by atoms with Gasteiger partial charge in [-0.05, 0) is 18.6 Å². The topological polar surface area (TPSA) is 69.6 Å². The summed E-state index contributed by atoms with van der Waals surface area (Å²) in [5.41, 5.74) is 0.232. The van der Waals surface area contributed by atoms with Crippen molar-refractivity contribution in [2.75, 3.05) is 6.54 Å². The Kier molecular flexibility index (Phi) is 3.22. The number of hydrogen-bond acceptors (Lipinski definition) is 3. The summed E-state index contributed by atoms with van der Waals surface area (Å²) in [6.45, 7) is 0.284. The molecule has 92 valence electrons. The maximum Gasteiger partial charge on any atom is 0.307 e. The van der Waals surface area contributed by atoms with Crippen molar-refractivity contribution < 1.29 is 19.4 Å². The minimum absolute atomic E-state index is 0.229. The van der Waals surface area contributed by atoms with Crippen LogP contribution in [0.15, 0.2) is 12.1 Å². The van der Waals surface area contributed by atoms with E-state index in [1.54, 1.807) is 0 Å². The number of carbonyl (C=O) groups is 1. The highest BCUT2D eigenvalue weighted by Gasteiger charge is 2.33. The minimum Gasteiger partial charge on any atom is -0.505 e. The summed E-state index contributed by atoms with van der Waals surface area (Å²) < 4.78 is 13.2. The van der Waals surface area contributed by atoms with Gasteiger partial charge in [0.05, 0.1) is 5.92 Å². The fraction of sp³-hybridized carbons (Fsp3) is 0.364. The first-order chi connectivity index (χ1) is 8.00. The predicted octanol–water partition coefficient (Wildman–Crippen LogP) is 1.92. The van der Waals surface area contributed by atoms with Crippen LogP contribution in [0.5, 0.6) is 5.75 Å². The van der Waals surface area contributed by atoms with Crippen molar-refractivity contribution in [2.45, 2.75) is 12.5 Å². The van der Waals surface area contributed by atoms with Crippen molar-refractivity contribution in [2.24, 2.45) is 5.92 Å². The van der Waals surface area contributed by atoms with Gasteiger partial charge in [0.1, 0.15) is 0 Å². The van der Waals surface area contributed by atoms with E-state index >= 15 is 0 Å². The number of halogens is 2. The monoisotopic (exact) mass is 259 g/mol. The van der Waals surface area contributed by atoms with E-state index in [2.05, 4.69) is 5.32 Å². The number of hydrogen-bond donors (Lipinski definition) is 3. The average molecular weight is 260 g/mol. The lowest BCUT2D eigenvalue weighted by atomic mass is 9.99. The summed E-state index contributed by atoms with van der Waals surface area (Å²) in [5.74, 6) is -2.73. The van der Waals surface area contributed by atoms with Crippen molar-refractivity contribution in [3.05, 3.63) is 28.5 Å². The van der Waals surface area contributed by atoms with E-state index < -0.39 is 29.5 Å². The highest BCUT2D eigenvalue weighted by Crippen LogP contribution is 2.38. The minimum atomic E-state index is -0.910. The molecule has 1 aliphatic rings. The Morgan fingerprint density at radius 1 is 1.53 bits per heavy atom. The van der Waals surface area contributed by atoms with Gasteiger partial charge in [-0.25, -0.2) is 4.39 Å². The number of rotatable bonds is 2. The zero-order valence-electron chi connectivity index (χ0n) is 8.78.